The molecule has 29 heavy (non-hydrogen) atoms. The number of imide groups is 1. The molecule has 1 fully saturated rings. The minimum absolute atomic E-state index is 0.170. The molecule has 7 nitrogen and oxygen atoms in total. The zero-order valence-corrected chi connectivity index (χ0v) is 16.8. The Labute approximate surface area is 172 Å². The maximum atomic E-state index is 13.5. The van der Waals surface area contributed by atoms with Crippen molar-refractivity contribution in [2.75, 3.05) is 21.2 Å². The van der Waals surface area contributed by atoms with E-state index in [2.05, 4.69) is 0 Å². The molecule has 0 bridgehead atoms. The number of carbonyl (C=O) groups excluding carboxylic acids is 4. The first kappa shape index (κ1) is 20.5. The van der Waals surface area contributed by atoms with Crippen LogP contribution >= 0.6 is 11.6 Å². The number of halogens is 1. The number of nitrogens with zero attached hydrogens (tertiary/aromatic N) is 2. The van der Waals surface area contributed by atoms with Gasteiger partial charge in [-0.25, -0.2) is 4.79 Å². The van der Waals surface area contributed by atoms with Crippen LogP contribution in [0.5, 0.6) is 0 Å². The van der Waals surface area contributed by atoms with Crippen LogP contribution in [0.1, 0.15) is 15.9 Å². The van der Waals surface area contributed by atoms with E-state index in [0.717, 1.165) is 16.9 Å². The molecule has 8 heteroatoms. The van der Waals surface area contributed by atoms with Crippen molar-refractivity contribution in [1.29, 1.82) is 0 Å². The summed E-state index contributed by atoms with van der Waals surface area (Å²) in [5, 5.41) is 0.415. The van der Waals surface area contributed by atoms with Crippen molar-refractivity contribution in [3.05, 3.63) is 70.7 Å². The Hall–Kier alpha value is -3.19. The molecule has 3 rings (SSSR count). The highest BCUT2D eigenvalue weighted by atomic mass is 35.5. The predicted molar refractivity (Wildman–Crippen MR) is 105 cm³/mol. The molecule has 2 unspecified atom stereocenters. The van der Waals surface area contributed by atoms with Gasteiger partial charge in [0, 0.05) is 24.7 Å². The molecular formula is C21H19ClN2O5. The number of hydrogen-bond acceptors (Lipinski definition) is 5. The maximum Gasteiger partial charge on any atom is 0.327 e. The second kappa shape index (κ2) is 7.67. The van der Waals surface area contributed by atoms with Gasteiger partial charge in [-0.15, -0.1) is 0 Å². The molecule has 3 amide bonds. The number of esters is 1. The highest BCUT2D eigenvalue weighted by Gasteiger charge is 2.64. The van der Waals surface area contributed by atoms with E-state index in [1.807, 2.05) is 0 Å². The van der Waals surface area contributed by atoms with E-state index in [9.17, 15) is 19.2 Å². The topological polar surface area (TPSA) is 84.0 Å². The van der Waals surface area contributed by atoms with E-state index < -0.39 is 35.1 Å². The van der Waals surface area contributed by atoms with Gasteiger partial charge in [-0.3, -0.25) is 19.3 Å². The SMILES string of the molecule is COC(=O)C(C(=O)c1ccc(Cl)cc1)C1(c2ccccc2)C(=O)N(C)C(=O)N1C. The fourth-order valence-corrected chi connectivity index (χ4v) is 3.85. The number of hydrogen-bond donors (Lipinski definition) is 0. The van der Waals surface area contributed by atoms with E-state index in [-0.39, 0.29) is 5.56 Å². The average Bonchev–Trinajstić information content (AvgIpc) is 2.91. The summed E-state index contributed by atoms with van der Waals surface area (Å²) in [5.74, 6) is -3.87. The molecule has 0 saturated carbocycles. The zero-order valence-electron chi connectivity index (χ0n) is 16.1. The Morgan fingerprint density at radius 3 is 2.07 bits per heavy atom. The van der Waals surface area contributed by atoms with Crippen LogP contribution in [0, 0.1) is 5.92 Å². The first-order chi connectivity index (χ1) is 13.8. The third-order valence-corrected chi connectivity index (χ3v) is 5.45. The molecule has 0 radical (unpaired) electrons. The maximum absolute atomic E-state index is 13.5. The zero-order chi connectivity index (χ0) is 21.3. The van der Waals surface area contributed by atoms with Gasteiger partial charge in [-0.05, 0) is 29.8 Å². The van der Waals surface area contributed by atoms with Crippen molar-refractivity contribution in [3.63, 3.8) is 0 Å². The third kappa shape index (κ3) is 3.07. The van der Waals surface area contributed by atoms with Crippen molar-refractivity contribution < 1.29 is 23.9 Å². The second-order valence-electron chi connectivity index (χ2n) is 6.67. The van der Waals surface area contributed by atoms with E-state index in [4.69, 9.17) is 16.3 Å². The van der Waals surface area contributed by atoms with Gasteiger partial charge in [0.25, 0.3) is 5.91 Å². The van der Waals surface area contributed by atoms with Crippen molar-refractivity contribution >= 4 is 35.3 Å². The summed E-state index contributed by atoms with van der Waals surface area (Å²) < 4.78 is 4.91. The number of carbonyl (C=O) groups is 4. The standard InChI is InChI=1S/C21H19ClN2O5/c1-23-19(27)21(24(2)20(23)28,14-7-5-4-6-8-14)16(18(26)29-3)17(25)13-9-11-15(22)12-10-13/h4-12,16H,1-3H3. The Morgan fingerprint density at radius 2 is 1.59 bits per heavy atom. The highest BCUT2D eigenvalue weighted by molar-refractivity contribution is 6.30. The molecular weight excluding hydrogens is 396 g/mol. The largest absolute Gasteiger partial charge is 0.468 e. The lowest BCUT2D eigenvalue weighted by molar-refractivity contribution is -0.152. The molecule has 2 atom stereocenters. The molecule has 2 aromatic rings. The molecule has 0 aromatic heterocycles. The van der Waals surface area contributed by atoms with Crippen LogP contribution in [0.2, 0.25) is 5.02 Å². The van der Waals surface area contributed by atoms with Gasteiger partial charge >= 0.3 is 12.0 Å². The molecule has 0 N–H and O–H groups in total. The monoisotopic (exact) mass is 414 g/mol. The van der Waals surface area contributed by atoms with E-state index >= 15 is 0 Å². The molecule has 2 aromatic carbocycles. The Balaban J connectivity index is 2.29. The van der Waals surface area contributed by atoms with Gasteiger partial charge in [-0.2, -0.15) is 0 Å². The average molecular weight is 415 g/mol. The van der Waals surface area contributed by atoms with Crippen molar-refractivity contribution in [1.82, 2.24) is 9.80 Å². The number of rotatable bonds is 5. The summed E-state index contributed by atoms with van der Waals surface area (Å²) in [7, 11) is 3.84. The summed E-state index contributed by atoms with van der Waals surface area (Å²) >= 11 is 5.90. The van der Waals surface area contributed by atoms with E-state index in [1.165, 1.54) is 38.4 Å². The van der Waals surface area contributed by atoms with Crippen molar-refractivity contribution in [3.8, 4) is 0 Å². The minimum Gasteiger partial charge on any atom is -0.468 e. The van der Waals surface area contributed by atoms with Crippen LogP contribution < -0.4 is 0 Å². The van der Waals surface area contributed by atoms with Crippen LogP contribution in [-0.2, 0) is 19.9 Å². The quantitative estimate of drug-likeness (QED) is 0.325. The molecule has 1 aliphatic rings. The second-order valence-corrected chi connectivity index (χ2v) is 7.10. The van der Waals surface area contributed by atoms with E-state index in [1.54, 1.807) is 30.3 Å². The fourth-order valence-electron chi connectivity index (χ4n) is 3.72. The first-order valence-electron chi connectivity index (χ1n) is 8.75. The highest BCUT2D eigenvalue weighted by Crippen LogP contribution is 2.44. The minimum atomic E-state index is -1.88. The Bertz CT molecular complexity index is 976. The fraction of sp³-hybridized carbons (Fsp3) is 0.238. The van der Waals surface area contributed by atoms with Gasteiger partial charge in [0.1, 0.15) is 0 Å². The van der Waals surface area contributed by atoms with Gasteiger partial charge in [-0.1, -0.05) is 41.9 Å². The molecule has 0 aliphatic carbocycles. The van der Waals surface area contributed by atoms with Gasteiger partial charge in [0.05, 0.1) is 7.11 Å². The molecule has 1 heterocycles. The predicted octanol–water partition coefficient (Wildman–Crippen LogP) is 2.73. The summed E-state index contributed by atoms with van der Waals surface area (Å²) in [6.45, 7) is 0. The summed E-state index contributed by atoms with van der Waals surface area (Å²) in [4.78, 5) is 54.4. The third-order valence-electron chi connectivity index (χ3n) is 5.19. The molecule has 150 valence electrons. The summed E-state index contributed by atoms with van der Waals surface area (Å²) in [6.07, 6.45) is 0. The number of likely N-dealkylation sites (N-methyl/N-ethyl adjacent to an activating group) is 2. The number of ether oxygens (including phenoxy) is 1. The number of urea groups is 1. The van der Waals surface area contributed by atoms with Gasteiger partial charge in [0.15, 0.2) is 17.2 Å². The van der Waals surface area contributed by atoms with Crippen LogP contribution in [0.25, 0.3) is 0 Å². The molecule has 1 saturated heterocycles. The number of ketones is 1. The summed E-state index contributed by atoms with van der Waals surface area (Å²) in [6, 6.07) is 13.6. The first-order valence-corrected chi connectivity index (χ1v) is 9.13. The van der Waals surface area contributed by atoms with Crippen LogP contribution in [0.15, 0.2) is 54.6 Å². The van der Waals surface area contributed by atoms with Crippen LogP contribution in [-0.4, -0.2) is 54.7 Å². The Morgan fingerprint density at radius 1 is 1.00 bits per heavy atom. The normalized spacial score (nSPS) is 20.0. The Kier molecular flexibility index (Phi) is 5.44. The molecule has 0 spiro atoms. The van der Waals surface area contributed by atoms with Crippen LogP contribution in [0.4, 0.5) is 4.79 Å². The van der Waals surface area contributed by atoms with Gasteiger partial charge < -0.3 is 9.64 Å². The number of benzene rings is 2. The number of Topliss-reactive ketones (excluding diaryl/α,β-unsaturated/α-hetero) is 1. The summed E-state index contributed by atoms with van der Waals surface area (Å²) in [5.41, 5.74) is -1.37. The van der Waals surface area contributed by atoms with Gasteiger partial charge in [0.2, 0.25) is 0 Å². The van der Waals surface area contributed by atoms with E-state index in [0.29, 0.717) is 10.6 Å². The lowest BCUT2D eigenvalue weighted by Gasteiger charge is -2.37. The van der Waals surface area contributed by atoms with Crippen LogP contribution in [0.3, 0.4) is 0 Å². The molecule has 1 aliphatic heterocycles. The lowest BCUT2D eigenvalue weighted by Crippen LogP contribution is -2.56. The smallest absolute Gasteiger partial charge is 0.327 e. The lowest BCUT2D eigenvalue weighted by atomic mass is 9.73. The number of methoxy groups -OCH3 is 1. The number of amides is 3. The van der Waals surface area contributed by atoms with Crippen molar-refractivity contribution in [2.45, 2.75) is 5.54 Å². The van der Waals surface area contributed by atoms with Crippen molar-refractivity contribution in [2.24, 2.45) is 5.92 Å².